The lowest BCUT2D eigenvalue weighted by Gasteiger charge is -2.03. The Bertz CT molecular complexity index is 227. The molecule has 0 saturated heterocycles. The molecule has 0 saturated carbocycles. The fraction of sp³-hybridized carbons (Fsp3) is 0.286. The van der Waals surface area contributed by atoms with Crippen LogP contribution in [0.15, 0.2) is 18.3 Å². The molecule has 4 heteroatoms. The van der Waals surface area contributed by atoms with Crippen molar-refractivity contribution in [2.75, 3.05) is 18.9 Å². The van der Waals surface area contributed by atoms with Crippen LogP contribution in [0.1, 0.15) is 0 Å². The minimum Gasteiger partial charge on any atom is -0.474 e. The Kier molecular flexibility index (Phi) is 2.68. The number of aliphatic hydroxyl groups excluding tert-OH is 1. The molecule has 0 fully saturated rings. The third kappa shape index (κ3) is 2.09. The van der Waals surface area contributed by atoms with Crippen LogP contribution in [0.4, 0.5) is 5.69 Å². The number of nitrogens with two attached hydrogens (primary N) is 1. The molecule has 1 aromatic heterocycles. The van der Waals surface area contributed by atoms with E-state index in [0.717, 1.165) is 0 Å². The van der Waals surface area contributed by atoms with Crippen LogP contribution in [0, 0.1) is 0 Å². The van der Waals surface area contributed by atoms with E-state index < -0.39 is 0 Å². The predicted octanol–water partition coefficient (Wildman–Crippen LogP) is 0.0349. The number of pyridine rings is 1. The van der Waals surface area contributed by atoms with Gasteiger partial charge in [0, 0.05) is 6.20 Å². The van der Waals surface area contributed by atoms with Gasteiger partial charge in [-0.05, 0) is 12.1 Å². The summed E-state index contributed by atoms with van der Waals surface area (Å²) in [5.41, 5.74) is 5.98. The summed E-state index contributed by atoms with van der Waals surface area (Å²) >= 11 is 0. The van der Waals surface area contributed by atoms with Crippen LogP contribution in [0.2, 0.25) is 0 Å². The predicted molar refractivity (Wildman–Crippen MR) is 41.2 cm³/mol. The van der Waals surface area contributed by atoms with Gasteiger partial charge in [-0.1, -0.05) is 0 Å². The smallest absolute Gasteiger partial charge is 0.237 e. The average Bonchev–Trinajstić information content (AvgIpc) is 2.03. The molecule has 0 aliphatic heterocycles. The highest BCUT2D eigenvalue weighted by Gasteiger charge is 1.97. The molecule has 0 unspecified atom stereocenters. The van der Waals surface area contributed by atoms with Gasteiger partial charge in [0.2, 0.25) is 5.88 Å². The molecule has 0 atom stereocenters. The zero-order chi connectivity index (χ0) is 8.10. The fourth-order valence-corrected chi connectivity index (χ4v) is 0.666. The molecule has 3 N–H and O–H groups in total. The monoisotopic (exact) mass is 154 g/mol. The van der Waals surface area contributed by atoms with Gasteiger partial charge in [0.15, 0.2) is 0 Å². The second kappa shape index (κ2) is 3.78. The maximum absolute atomic E-state index is 8.42. The van der Waals surface area contributed by atoms with Crippen molar-refractivity contribution in [3.8, 4) is 5.88 Å². The van der Waals surface area contributed by atoms with Gasteiger partial charge in [0.05, 0.1) is 12.3 Å². The van der Waals surface area contributed by atoms with Crippen LogP contribution in [-0.4, -0.2) is 23.3 Å². The van der Waals surface area contributed by atoms with Gasteiger partial charge in [0.25, 0.3) is 0 Å². The van der Waals surface area contributed by atoms with E-state index in [4.69, 9.17) is 15.6 Å². The number of hydrogen-bond acceptors (Lipinski definition) is 4. The summed E-state index contributed by atoms with van der Waals surface area (Å²) in [5.74, 6) is 0.376. The number of nitrogens with zero attached hydrogens (tertiary/aromatic N) is 1. The van der Waals surface area contributed by atoms with E-state index in [9.17, 15) is 0 Å². The number of aromatic nitrogens is 1. The van der Waals surface area contributed by atoms with Crippen molar-refractivity contribution in [2.45, 2.75) is 0 Å². The number of nitrogen functional groups attached to an aromatic ring is 1. The van der Waals surface area contributed by atoms with Gasteiger partial charge in [-0.2, -0.15) is 0 Å². The van der Waals surface area contributed by atoms with Crippen molar-refractivity contribution in [1.82, 2.24) is 4.98 Å². The Morgan fingerprint density at radius 3 is 3.09 bits per heavy atom. The molecule has 0 aliphatic rings. The van der Waals surface area contributed by atoms with Crippen molar-refractivity contribution < 1.29 is 9.84 Å². The van der Waals surface area contributed by atoms with Gasteiger partial charge >= 0.3 is 0 Å². The van der Waals surface area contributed by atoms with Gasteiger partial charge in [-0.15, -0.1) is 0 Å². The Labute approximate surface area is 64.6 Å². The second-order valence-electron chi connectivity index (χ2n) is 1.97. The first-order valence-electron chi connectivity index (χ1n) is 3.28. The molecule has 0 aliphatic carbocycles. The maximum Gasteiger partial charge on any atom is 0.237 e. The lowest BCUT2D eigenvalue weighted by molar-refractivity contribution is 0.197. The summed E-state index contributed by atoms with van der Waals surface area (Å²) in [7, 11) is 0. The molecule has 60 valence electrons. The molecule has 0 radical (unpaired) electrons. The molecule has 1 rings (SSSR count). The zero-order valence-corrected chi connectivity index (χ0v) is 6.03. The van der Waals surface area contributed by atoms with Gasteiger partial charge in [0.1, 0.15) is 6.61 Å². The molecule has 0 aromatic carbocycles. The second-order valence-corrected chi connectivity index (χ2v) is 1.97. The van der Waals surface area contributed by atoms with Crippen LogP contribution >= 0.6 is 0 Å². The number of hydrogen-bond donors (Lipinski definition) is 2. The van der Waals surface area contributed by atoms with E-state index in [1.807, 2.05) is 0 Å². The summed E-state index contributed by atoms with van der Waals surface area (Å²) in [4.78, 5) is 3.86. The topological polar surface area (TPSA) is 68.4 Å². The van der Waals surface area contributed by atoms with Crippen molar-refractivity contribution >= 4 is 5.69 Å². The van der Waals surface area contributed by atoms with Gasteiger partial charge in [-0.3, -0.25) is 0 Å². The lowest BCUT2D eigenvalue weighted by atomic mass is 10.4. The standard InChI is InChI=1S/C7H10N2O2/c8-6-2-1-3-9-7(6)11-5-4-10/h1-3,10H,4-5,8H2. The van der Waals surface area contributed by atoms with Crippen LogP contribution in [0.5, 0.6) is 5.88 Å². The quantitative estimate of drug-likeness (QED) is 0.644. The molecular weight excluding hydrogens is 144 g/mol. The van der Waals surface area contributed by atoms with E-state index in [1.54, 1.807) is 18.3 Å². The van der Waals surface area contributed by atoms with Gasteiger partial charge < -0.3 is 15.6 Å². The first kappa shape index (κ1) is 7.81. The minimum absolute atomic E-state index is 0.0317. The van der Waals surface area contributed by atoms with Crippen LogP contribution in [0.3, 0.4) is 0 Å². The Morgan fingerprint density at radius 2 is 2.45 bits per heavy atom. The van der Waals surface area contributed by atoms with Crippen molar-refractivity contribution in [3.63, 3.8) is 0 Å². The third-order valence-electron chi connectivity index (χ3n) is 1.13. The molecule has 0 bridgehead atoms. The summed E-state index contributed by atoms with van der Waals surface area (Å²) in [6, 6.07) is 3.42. The first-order valence-corrected chi connectivity index (χ1v) is 3.28. The highest BCUT2D eigenvalue weighted by molar-refractivity contribution is 5.46. The van der Waals surface area contributed by atoms with Crippen LogP contribution < -0.4 is 10.5 Å². The van der Waals surface area contributed by atoms with Crippen LogP contribution in [0.25, 0.3) is 0 Å². The molecular formula is C7H10N2O2. The summed E-state index contributed by atoms with van der Waals surface area (Å²) in [5, 5.41) is 8.42. The normalized spacial score (nSPS) is 9.55. The van der Waals surface area contributed by atoms with E-state index >= 15 is 0 Å². The number of rotatable bonds is 3. The first-order chi connectivity index (χ1) is 5.34. The molecule has 11 heavy (non-hydrogen) atoms. The summed E-state index contributed by atoms with van der Waals surface area (Å²) in [6.45, 7) is 0.192. The van der Waals surface area contributed by atoms with Crippen molar-refractivity contribution in [3.05, 3.63) is 18.3 Å². The van der Waals surface area contributed by atoms with Crippen molar-refractivity contribution in [2.24, 2.45) is 0 Å². The molecule has 1 aromatic rings. The largest absolute Gasteiger partial charge is 0.474 e. The molecule has 0 amide bonds. The average molecular weight is 154 g/mol. The highest BCUT2D eigenvalue weighted by Crippen LogP contribution is 2.15. The SMILES string of the molecule is Nc1cccnc1OCCO. The van der Waals surface area contributed by atoms with Crippen LogP contribution in [-0.2, 0) is 0 Å². The zero-order valence-electron chi connectivity index (χ0n) is 6.03. The molecule has 4 nitrogen and oxygen atoms in total. The maximum atomic E-state index is 8.42. The Balaban J connectivity index is 2.62. The van der Waals surface area contributed by atoms with Gasteiger partial charge in [-0.25, -0.2) is 4.98 Å². The summed E-state index contributed by atoms with van der Waals surface area (Å²) in [6.07, 6.45) is 1.59. The molecule has 1 heterocycles. The number of ether oxygens (including phenoxy) is 1. The Morgan fingerprint density at radius 1 is 1.64 bits per heavy atom. The Hall–Kier alpha value is -1.29. The lowest BCUT2D eigenvalue weighted by Crippen LogP contribution is -2.04. The van der Waals surface area contributed by atoms with E-state index in [-0.39, 0.29) is 13.2 Å². The van der Waals surface area contributed by atoms with Crippen molar-refractivity contribution in [1.29, 1.82) is 0 Å². The minimum atomic E-state index is -0.0317. The fourth-order valence-electron chi connectivity index (χ4n) is 0.666. The van der Waals surface area contributed by atoms with E-state index in [1.165, 1.54) is 0 Å². The van der Waals surface area contributed by atoms with E-state index in [2.05, 4.69) is 4.98 Å². The number of anilines is 1. The number of aliphatic hydroxyl groups is 1. The third-order valence-corrected chi connectivity index (χ3v) is 1.13. The summed E-state index contributed by atoms with van der Waals surface area (Å²) < 4.78 is 5.00. The van der Waals surface area contributed by atoms with E-state index in [0.29, 0.717) is 11.6 Å². The highest BCUT2D eigenvalue weighted by atomic mass is 16.5. The molecule has 0 spiro atoms.